The minimum atomic E-state index is -0.412. The van der Waals surface area contributed by atoms with Crippen LogP contribution in [0.3, 0.4) is 0 Å². The van der Waals surface area contributed by atoms with Crippen LogP contribution >= 0.6 is 12.4 Å². The third-order valence-corrected chi connectivity index (χ3v) is 4.43. The highest BCUT2D eigenvalue weighted by molar-refractivity contribution is 5.94. The van der Waals surface area contributed by atoms with Gasteiger partial charge in [0.15, 0.2) is 0 Å². The highest BCUT2D eigenvalue weighted by atomic mass is 35.5. The van der Waals surface area contributed by atoms with Gasteiger partial charge in [-0.25, -0.2) is 0 Å². The molecule has 3 N–H and O–H groups in total. The van der Waals surface area contributed by atoms with Crippen LogP contribution in [0.25, 0.3) is 0 Å². The summed E-state index contributed by atoms with van der Waals surface area (Å²) >= 11 is 0. The summed E-state index contributed by atoms with van der Waals surface area (Å²) in [5.74, 6) is 0.0960. The summed E-state index contributed by atoms with van der Waals surface area (Å²) < 4.78 is 5.59. The van der Waals surface area contributed by atoms with E-state index in [-0.39, 0.29) is 30.3 Å². The van der Waals surface area contributed by atoms with Crippen molar-refractivity contribution >= 4 is 29.9 Å². The van der Waals surface area contributed by atoms with Gasteiger partial charge in [0.05, 0.1) is 6.10 Å². The van der Waals surface area contributed by atoms with Crippen LogP contribution in [0.15, 0.2) is 24.3 Å². The molecule has 2 saturated heterocycles. The van der Waals surface area contributed by atoms with Crippen molar-refractivity contribution in [3.63, 3.8) is 0 Å². The van der Waals surface area contributed by atoms with Crippen LogP contribution in [0.2, 0.25) is 0 Å². The Kier molecular flexibility index (Phi) is 6.60. The molecular weight excluding hydrogens is 330 g/mol. The number of carbonyl (C=O) groups excluding carboxylic acids is 2. The number of anilines is 1. The van der Waals surface area contributed by atoms with Gasteiger partial charge in [-0.1, -0.05) is 12.1 Å². The van der Waals surface area contributed by atoms with Gasteiger partial charge >= 0.3 is 0 Å². The van der Waals surface area contributed by atoms with E-state index in [9.17, 15) is 9.59 Å². The molecule has 0 bridgehead atoms. The summed E-state index contributed by atoms with van der Waals surface area (Å²) in [6.07, 6.45) is 2.72. The Balaban J connectivity index is 0.00000208. The molecule has 2 amide bonds. The Labute approximate surface area is 148 Å². The fourth-order valence-electron chi connectivity index (χ4n) is 3.08. The second-order valence-electron chi connectivity index (χ2n) is 6.16. The lowest BCUT2D eigenvalue weighted by Crippen LogP contribution is -2.29. The molecule has 0 unspecified atom stereocenters. The zero-order chi connectivity index (χ0) is 16.2. The predicted molar refractivity (Wildman–Crippen MR) is 93.9 cm³/mol. The van der Waals surface area contributed by atoms with Gasteiger partial charge in [0.25, 0.3) is 5.91 Å². The summed E-state index contributed by atoms with van der Waals surface area (Å²) in [5, 5.41) is 2.87. The number of nitrogens with zero attached hydrogens (tertiary/aromatic N) is 1. The highest BCUT2D eigenvalue weighted by Crippen LogP contribution is 2.21. The first-order valence-electron chi connectivity index (χ1n) is 8.19. The molecule has 2 heterocycles. The Hall–Kier alpha value is -1.63. The van der Waals surface area contributed by atoms with Crippen molar-refractivity contribution in [2.75, 3.05) is 18.4 Å². The van der Waals surface area contributed by atoms with Crippen molar-refractivity contribution in [1.82, 2.24) is 4.90 Å². The fourth-order valence-corrected chi connectivity index (χ4v) is 3.08. The Morgan fingerprint density at radius 3 is 2.62 bits per heavy atom. The van der Waals surface area contributed by atoms with Crippen LogP contribution in [0.5, 0.6) is 0 Å². The van der Waals surface area contributed by atoms with Crippen LogP contribution in [-0.4, -0.2) is 42.0 Å². The van der Waals surface area contributed by atoms with Gasteiger partial charge in [0.2, 0.25) is 5.91 Å². The lowest BCUT2D eigenvalue weighted by molar-refractivity contribution is -0.128. The number of likely N-dealkylation sites (tertiary alicyclic amines) is 1. The van der Waals surface area contributed by atoms with Crippen molar-refractivity contribution in [3.05, 3.63) is 29.8 Å². The van der Waals surface area contributed by atoms with Gasteiger partial charge in [-0.3, -0.25) is 9.59 Å². The average Bonchev–Trinajstić information content (AvgIpc) is 3.19. The highest BCUT2D eigenvalue weighted by Gasteiger charge is 2.29. The number of carbonyl (C=O) groups is 2. The van der Waals surface area contributed by atoms with E-state index in [0.29, 0.717) is 25.9 Å². The number of hydrogen-bond acceptors (Lipinski definition) is 4. The molecule has 1 aromatic rings. The smallest absolute Gasteiger partial charge is 0.253 e. The van der Waals surface area contributed by atoms with Gasteiger partial charge < -0.3 is 20.7 Å². The number of nitrogens with two attached hydrogens (primary N) is 1. The monoisotopic (exact) mass is 353 g/mol. The number of hydrogen-bond donors (Lipinski definition) is 2. The molecule has 6 nitrogen and oxygen atoms in total. The molecule has 2 atom stereocenters. The third-order valence-electron chi connectivity index (χ3n) is 4.43. The SMILES string of the molecule is Cl.NC[C@H]1CC[C@@H](C(=O)Nc2ccc(CN3CCCC3=O)cc2)O1. The molecule has 0 aromatic heterocycles. The maximum atomic E-state index is 12.2. The Morgan fingerprint density at radius 1 is 1.29 bits per heavy atom. The van der Waals surface area contributed by atoms with E-state index >= 15 is 0 Å². The summed E-state index contributed by atoms with van der Waals surface area (Å²) in [7, 11) is 0. The predicted octanol–water partition coefficient (Wildman–Crippen LogP) is 1.68. The first-order chi connectivity index (χ1) is 11.2. The summed E-state index contributed by atoms with van der Waals surface area (Å²) in [6.45, 7) is 1.92. The minimum Gasteiger partial charge on any atom is -0.364 e. The summed E-state index contributed by atoms with van der Waals surface area (Å²) in [6, 6.07) is 7.62. The topological polar surface area (TPSA) is 84.7 Å². The van der Waals surface area contributed by atoms with E-state index in [1.54, 1.807) is 0 Å². The molecule has 24 heavy (non-hydrogen) atoms. The molecule has 0 saturated carbocycles. The number of amides is 2. The zero-order valence-corrected chi connectivity index (χ0v) is 14.4. The standard InChI is InChI=1S/C17H23N3O3.ClH/c18-10-14-7-8-15(23-14)17(22)19-13-5-3-12(4-6-13)11-20-9-1-2-16(20)21;/h3-6,14-15H,1-2,7-11,18H2,(H,19,22);1H/t14-,15+;/m1./s1. The Bertz CT molecular complexity index is 579. The molecule has 0 radical (unpaired) electrons. The van der Waals surface area contributed by atoms with Crippen molar-refractivity contribution in [2.45, 2.75) is 44.4 Å². The van der Waals surface area contributed by atoms with E-state index in [1.165, 1.54) is 0 Å². The van der Waals surface area contributed by atoms with Crippen molar-refractivity contribution in [2.24, 2.45) is 5.73 Å². The first kappa shape index (κ1) is 18.7. The third kappa shape index (κ3) is 4.47. The molecule has 0 aliphatic carbocycles. The van der Waals surface area contributed by atoms with Crippen molar-refractivity contribution < 1.29 is 14.3 Å². The molecule has 7 heteroatoms. The lowest BCUT2D eigenvalue weighted by atomic mass is 10.1. The van der Waals surface area contributed by atoms with Gasteiger partial charge in [0.1, 0.15) is 6.10 Å². The normalized spacial score (nSPS) is 23.2. The molecule has 2 aliphatic rings. The molecule has 3 rings (SSSR count). The average molecular weight is 354 g/mol. The van der Waals surface area contributed by atoms with Crippen LogP contribution in [0.4, 0.5) is 5.69 Å². The van der Waals surface area contributed by atoms with E-state index in [1.807, 2.05) is 29.2 Å². The molecule has 0 spiro atoms. The quantitative estimate of drug-likeness (QED) is 0.843. The second-order valence-corrected chi connectivity index (χ2v) is 6.16. The van der Waals surface area contributed by atoms with E-state index in [0.717, 1.165) is 30.6 Å². The van der Waals surface area contributed by atoms with Gasteiger partial charge in [-0.15, -0.1) is 12.4 Å². The largest absolute Gasteiger partial charge is 0.364 e. The summed E-state index contributed by atoms with van der Waals surface area (Å²) in [5.41, 5.74) is 7.37. The first-order valence-corrected chi connectivity index (χ1v) is 8.19. The van der Waals surface area contributed by atoms with E-state index in [4.69, 9.17) is 10.5 Å². The molecule has 2 aliphatic heterocycles. The van der Waals surface area contributed by atoms with Crippen molar-refractivity contribution in [1.29, 1.82) is 0 Å². The van der Waals surface area contributed by atoms with E-state index in [2.05, 4.69) is 5.32 Å². The van der Waals surface area contributed by atoms with Crippen LogP contribution in [-0.2, 0) is 20.9 Å². The summed E-state index contributed by atoms with van der Waals surface area (Å²) in [4.78, 5) is 25.7. The van der Waals surface area contributed by atoms with Crippen LogP contribution < -0.4 is 11.1 Å². The number of nitrogens with one attached hydrogen (secondary N) is 1. The molecule has 2 fully saturated rings. The number of rotatable bonds is 5. The zero-order valence-electron chi connectivity index (χ0n) is 13.6. The molecule has 132 valence electrons. The second kappa shape index (κ2) is 8.46. The van der Waals surface area contributed by atoms with Gasteiger partial charge in [-0.2, -0.15) is 0 Å². The van der Waals surface area contributed by atoms with E-state index < -0.39 is 6.10 Å². The minimum absolute atomic E-state index is 0. The number of ether oxygens (including phenoxy) is 1. The number of halogens is 1. The Morgan fingerprint density at radius 2 is 2.04 bits per heavy atom. The lowest BCUT2D eigenvalue weighted by Gasteiger charge is -2.16. The fraction of sp³-hybridized carbons (Fsp3) is 0.529. The van der Waals surface area contributed by atoms with Crippen LogP contribution in [0, 0.1) is 0 Å². The molecule has 1 aromatic carbocycles. The maximum absolute atomic E-state index is 12.2. The van der Waals surface area contributed by atoms with Gasteiger partial charge in [-0.05, 0) is 37.0 Å². The maximum Gasteiger partial charge on any atom is 0.253 e. The van der Waals surface area contributed by atoms with Crippen LogP contribution in [0.1, 0.15) is 31.2 Å². The van der Waals surface area contributed by atoms with Gasteiger partial charge in [0, 0.05) is 31.7 Å². The molecular formula is C17H24ClN3O3. The van der Waals surface area contributed by atoms with Crippen molar-refractivity contribution in [3.8, 4) is 0 Å². The number of benzene rings is 1.